The van der Waals surface area contributed by atoms with Gasteiger partial charge in [0.15, 0.2) is 0 Å². The van der Waals surface area contributed by atoms with Gasteiger partial charge in [-0.15, -0.1) is 0 Å². The summed E-state index contributed by atoms with van der Waals surface area (Å²) < 4.78 is 7.61. The number of thioether (sulfide) groups is 1. The number of hydrogen-bond acceptors (Lipinski definition) is 3. The minimum absolute atomic E-state index is 0.523. The lowest BCUT2D eigenvalue weighted by Gasteiger charge is -2.07. The molecule has 0 radical (unpaired) electrons. The van der Waals surface area contributed by atoms with E-state index in [1.807, 2.05) is 28.6 Å². The van der Waals surface area contributed by atoms with E-state index in [2.05, 4.69) is 18.8 Å². The van der Waals surface area contributed by atoms with Crippen molar-refractivity contribution in [1.29, 1.82) is 0 Å². The second-order valence-corrected chi connectivity index (χ2v) is 6.36. The van der Waals surface area contributed by atoms with Crippen molar-refractivity contribution >= 4 is 34.4 Å². The monoisotopic (exact) mass is 284 g/mol. The van der Waals surface area contributed by atoms with Gasteiger partial charge in [-0.3, -0.25) is 0 Å². The van der Waals surface area contributed by atoms with Gasteiger partial charge in [-0.05, 0) is 17.4 Å². The van der Waals surface area contributed by atoms with E-state index in [0.717, 1.165) is 28.4 Å². The van der Waals surface area contributed by atoms with Crippen molar-refractivity contribution in [1.82, 2.24) is 9.55 Å². The smallest absolute Gasteiger partial charge is 0.143 e. The molecular formula is C13H17ClN2OS. The Morgan fingerprint density at radius 3 is 3.06 bits per heavy atom. The maximum atomic E-state index is 6.09. The molecule has 0 aliphatic rings. The van der Waals surface area contributed by atoms with Gasteiger partial charge in [-0.2, -0.15) is 11.8 Å². The van der Waals surface area contributed by atoms with Gasteiger partial charge in [0, 0.05) is 23.5 Å². The van der Waals surface area contributed by atoms with Crippen molar-refractivity contribution in [3.63, 3.8) is 0 Å². The van der Waals surface area contributed by atoms with Crippen LogP contribution in [0, 0.1) is 0 Å². The van der Waals surface area contributed by atoms with Crippen LogP contribution in [0.15, 0.2) is 24.5 Å². The molecule has 5 heteroatoms. The Labute approximate surface area is 116 Å². The molecule has 0 aromatic carbocycles. The molecule has 0 unspecified atom stereocenters. The van der Waals surface area contributed by atoms with E-state index in [1.54, 1.807) is 12.3 Å². The van der Waals surface area contributed by atoms with Crippen LogP contribution in [0.2, 0.25) is 5.02 Å². The summed E-state index contributed by atoms with van der Waals surface area (Å²) in [7, 11) is 0. The summed E-state index contributed by atoms with van der Waals surface area (Å²) in [4.78, 5) is 4.32. The molecule has 0 atom stereocenters. The molecule has 0 saturated carbocycles. The molecule has 2 aromatic rings. The fraction of sp³-hybridized carbons (Fsp3) is 0.462. The quantitative estimate of drug-likeness (QED) is 0.755. The Balaban J connectivity index is 1.90. The molecule has 0 spiro atoms. The Morgan fingerprint density at radius 2 is 2.28 bits per heavy atom. The van der Waals surface area contributed by atoms with Crippen molar-refractivity contribution in [3.8, 4) is 0 Å². The van der Waals surface area contributed by atoms with Gasteiger partial charge in [0.05, 0.1) is 11.6 Å². The molecule has 0 fully saturated rings. The zero-order valence-corrected chi connectivity index (χ0v) is 12.2. The van der Waals surface area contributed by atoms with Crippen molar-refractivity contribution in [2.45, 2.75) is 25.8 Å². The zero-order valence-electron chi connectivity index (χ0n) is 10.6. The van der Waals surface area contributed by atoms with Crippen LogP contribution in [0.4, 0.5) is 0 Å². The van der Waals surface area contributed by atoms with Crippen molar-refractivity contribution < 1.29 is 4.74 Å². The highest BCUT2D eigenvalue weighted by atomic mass is 35.5. The second-order valence-electron chi connectivity index (χ2n) is 4.27. The van der Waals surface area contributed by atoms with Crippen LogP contribution in [-0.4, -0.2) is 27.2 Å². The van der Waals surface area contributed by atoms with Gasteiger partial charge in [-0.25, -0.2) is 4.98 Å². The minimum atomic E-state index is 0.523. The molecule has 2 heterocycles. The molecule has 0 N–H and O–H groups in total. The highest BCUT2D eigenvalue weighted by Gasteiger charge is 2.05. The van der Waals surface area contributed by atoms with E-state index in [1.165, 1.54) is 0 Å². The maximum Gasteiger partial charge on any atom is 0.143 e. The molecule has 3 nitrogen and oxygen atoms in total. The van der Waals surface area contributed by atoms with E-state index in [0.29, 0.717) is 12.0 Å². The number of halogens is 1. The van der Waals surface area contributed by atoms with Gasteiger partial charge in [0.25, 0.3) is 0 Å². The largest absolute Gasteiger partial charge is 0.360 e. The van der Waals surface area contributed by atoms with E-state index in [9.17, 15) is 0 Å². The first-order valence-electron chi connectivity index (χ1n) is 5.97. The van der Waals surface area contributed by atoms with E-state index < -0.39 is 0 Å². The van der Waals surface area contributed by atoms with Crippen molar-refractivity contribution in [2.24, 2.45) is 0 Å². The van der Waals surface area contributed by atoms with Crippen molar-refractivity contribution in [3.05, 3.63) is 29.5 Å². The zero-order chi connectivity index (χ0) is 13.0. The molecule has 2 rings (SSSR count). The van der Waals surface area contributed by atoms with Crippen LogP contribution in [-0.2, 0) is 11.5 Å². The SMILES string of the molecule is CC(C)SCCOCn1ccc2c(Cl)ccnc21. The lowest BCUT2D eigenvalue weighted by atomic mass is 10.3. The van der Waals surface area contributed by atoms with Crippen LogP contribution in [0.25, 0.3) is 11.0 Å². The lowest BCUT2D eigenvalue weighted by molar-refractivity contribution is 0.0926. The van der Waals surface area contributed by atoms with E-state index in [-0.39, 0.29) is 0 Å². The standard InChI is InChI=1S/C13H17ClN2OS/c1-10(2)18-8-7-17-9-16-6-4-11-12(14)3-5-15-13(11)16/h3-6,10H,7-9H2,1-2H3. The summed E-state index contributed by atoms with van der Waals surface area (Å²) in [5.41, 5.74) is 0.874. The number of rotatable bonds is 6. The lowest BCUT2D eigenvalue weighted by Crippen LogP contribution is -2.05. The molecule has 0 saturated heterocycles. The summed E-state index contributed by atoms with van der Waals surface area (Å²) in [5, 5.41) is 2.36. The molecule has 0 bridgehead atoms. The fourth-order valence-corrected chi connectivity index (χ4v) is 2.56. The third-order valence-electron chi connectivity index (χ3n) is 2.52. The fourth-order valence-electron chi connectivity index (χ4n) is 1.67. The summed E-state index contributed by atoms with van der Waals surface area (Å²) >= 11 is 8.00. The van der Waals surface area contributed by atoms with Gasteiger partial charge >= 0.3 is 0 Å². The minimum Gasteiger partial charge on any atom is -0.360 e. The highest BCUT2D eigenvalue weighted by Crippen LogP contribution is 2.22. The molecule has 98 valence electrons. The number of hydrogen-bond donors (Lipinski definition) is 0. The van der Waals surface area contributed by atoms with Crippen LogP contribution in [0.1, 0.15) is 13.8 Å². The van der Waals surface area contributed by atoms with Gasteiger partial charge in [0.2, 0.25) is 0 Å². The normalized spacial score (nSPS) is 11.6. The number of fused-ring (bicyclic) bond motifs is 1. The van der Waals surface area contributed by atoms with Crippen LogP contribution < -0.4 is 0 Å². The van der Waals surface area contributed by atoms with E-state index >= 15 is 0 Å². The number of aromatic nitrogens is 2. The number of ether oxygens (including phenoxy) is 1. The van der Waals surface area contributed by atoms with Crippen LogP contribution in [0.5, 0.6) is 0 Å². The molecule has 0 aliphatic carbocycles. The molecular weight excluding hydrogens is 268 g/mol. The van der Waals surface area contributed by atoms with Gasteiger partial charge < -0.3 is 9.30 Å². The average molecular weight is 285 g/mol. The summed E-state index contributed by atoms with van der Waals surface area (Å²) in [6.07, 6.45) is 3.68. The Bertz CT molecular complexity index is 513. The topological polar surface area (TPSA) is 27.1 Å². The van der Waals surface area contributed by atoms with Crippen LogP contribution >= 0.6 is 23.4 Å². The number of pyridine rings is 1. The third kappa shape index (κ3) is 3.40. The predicted octanol–water partition coefficient (Wildman–Crippen LogP) is 3.81. The average Bonchev–Trinajstić information content (AvgIpc) is 2.73. The van der Waals surface area contributed by atoms with Crippen LogP contribution in [0.3, 0.4) is 0 Å². The third-order valence-corrected chi connectivity index (χ3v) is 3.92. The molecule has 0 aliphatic heterocycles. The summed E-state index contributed by atoms with van der Waals surface area (Å²) in [5.74, 6) is 1.02. The Hall–Kier alpha value is -0.710. The Kier molecular flexibility index (Phi) is 4.92. The summed E-state index contributed by atoms with van der Waals surface area (Å²) in [6, 6.07) is 3.77. The highest BCUT2D eigenvalue weighted by molar-refractivity contribution is 7.99. The first-order valence-corrected chi connectivity index (χ1v) is 7.40. The molecule has 2 aromatic heterocycles. The Morgan fingerprint density at radius 1 is 1.44 bits per heavy atom. The second kappa shape index (κ2) is 6.45. The van der Waals surface area contributed by atoms with Crippen molar-refractivity contribution in [2.75, 3.05) is 12.4 Å². The number of nitrogens with zero attached hydrogens (tertiary/aromatic N) is 2. The van der Waals surface area contributed by atoms with Gasteiger partial charge in [0.1, 0.15) is 12.4 Å². The first kappa shape index (κ1) is 13.7. The summed E-state index contributed by atoms with van der Waals surface area (Å²) in [6.45, 7) is 5.66. The molecule has 0 amide bonds. The molecule has 18 heavy (non-hydrogen) atoms. The van der Waals surface area contributed by atoms with Gasteiger partial charge in [-0.1, -0.05) is 25.4 Å². The maximum absolute atomic E-state index is 6.09. The van der Waals surface area contributed by atoms with E-state index in [4.69, 9.17) is 16.3 Å². The predicted molar refractivity (Wildman–Crippen MR) is 78.3 cm³/mol. The first-order chi connectivity index (χ1) is 8.68.